The van der Waals surface area contributed by atoms with E-state index in [0.717, 1.165) is 38.9 Å². The topological polar surface area (TPSA) is 41.1 Å². The molecule has 1 amide bonds. The van der Waals surface area contributed by atoms with Gasteiger partial charge in [-0.25, -0.2) is 0 Å². The summed E-state index contributed by atoms with van der Waals surface area (Å²) in [6, 6.07) is 8.38. The van der Waals surface area contributed by atoms with E-state index in [1.807, 2.05) is 6.07 Å². The lowest BCUT2D eigenvalue weighted by molar-refractivity contribution is -0.123. The van der Waals surface area contributed by atoms with Crippen molar-refractivity contribution in [3.05, 3.63) is 35.4 Å². The quantitative estimate of drug-likeness (QED) is 0.887. The summed E-state index contributed by atoms with van der Waals surface area (Å²) in [5.74, 6) is 0.921. The Morgan fingerprint density at radius 1 is 1.32 bits per heavy atom. The molecule has 1 saturated heterocycles. The van der Waals surface area contributed by atoms with Crippen LogP contribution in [0.5, 0.6) is 0 Å². The van der Waals surface area contributed by atoms with Crippen LogP contribution < -0.4 is 10.6 Å². The van der Waals surface area contributed by atoms with Crippen molar-refractivity contribution in [2.45, 2.75) is 25.2 Å². The maximum Gasteiger partial charge on any atom is 0.227 e. The fraction of sp³-hybridized carbons (Fsp3) is 0.533. The second-order valence-corrected chi connectivity index (χ2v) is 5.41. The molecule has 2 aliphatic rings. The fourth-order valence-electron chi connectivity index (χ4n) is 2.89. The molecule has 2 N–H and O–H groups in total. The Balaban J connectivity index is 0.00000133. The molecule has 4 heteroatoms. The number of fused-ring (bicyclic) bond motifs is 1. The van der Waals surface area contributed by atoms with Gasteiger partial charge in [-0.05, 0) is 30.4 Å². The highest BCUT2D eigenvalue weighted by Crippen LogP contribution is 2.31. The number of hydrogen-bond donors (Lipinski definition) is 2. The van der Waals surface area contributed by atoms with Gasteiger partial charge in [-0.15, -0.1) is 12.4 Å². The molecule has 1 fully saturated rings. The summed E-state index contributed by atoms with van der Waals surface area (Å²) < 4.78 is 0. The van der Waals surface area contributed by atoms with Gasteiger partial charge in [-0.2, -0.15) is 0 Å². The zero-order valence-corrected chi connectivity index (χ0v) is 11.8. The van der Waals surface area contributed by atoms with Gasteiger partial charge in [0.1, 0.15) is 0 Å². The summed E-state index contributed by atoms with van der Waals surface area (Å²) in [6.45, 7) is 2.91. The summed E-state index contributed by atoms with van der Waals surface area (Å²) in [5.41, 5.74) is 2.60. The molecule has 1 atom stereocenters. The third-order valence-corrected chi connectivity index (χ3v) is 4.12. The molecular weight excluding hydrogens is 260 g/mol. The van der Waals surface area contributed by atoms with Crippen LogP contribution in [-0.4, -0.2) is 25.5 Å². The van der Waals surface area contributed by atoms with Crippen molar-refractivity contribution in [2.75, 3.05) is 19.6 Å². The number of carbonyl (C=O) groups excluding carboxylic acids is 1. The molecule has 0 spiro atoms. The van der Waals surface area contributed by atoms with E-state index in [2.05, 4.69) is 28.8 Å². The minimum absolute atomic E-state index is 0. The van der Waals surface area contributed by atoms with Crippen LogP contribution in [0.4, 0.5) is 0 Å². The van der Waals surface area contributed by atoms with E-state index in [9.17, 15) is 4.79 Å². The molecule has 1 aromatic carbocycles. The van der Waals surface area contributed by atoms with E-state index < -0.39 is 0 Å². The van der Waals surface area contributed by atoms with Crippen molar-refractivity contribution in [2.24, 2.45) is 5.92 Å². The average molecular weight is 281 g/mol. The van der Waals surface area contributed by atoms with E-state index in [1.54, 1.807) is 0 Å². The molecule has 104 valence electrons. The Kier molecular flexibility index (Phi) is 4.83. The van der Waals surface area contributed by atoms with Gasteiger partial charge < -0.3 is 10.6 Å². The maximum atomic E-state index is 12.3. The zero-order chi connectivity index (χ0) is 12.4. The van der Waals surface area contributed by atoms with Gasteiger partial charge in [0.15, 0.2) is 0 Å². The predicted molar refractivity (Wildman–Crippen MR) is 78.7 cm³/mol. The summed E-state index contributed by atoms with van der Waals surface area (Å²) in [6.07, 6.45) is 3.23. The molecule has 1 aliphatic heterocycles. The SMILES string of the molecule is Cl.O=C(NCC1CNC1)C1CCCc2ccccc21. The lowest BCUT2D eigenvalue weighted by Gasteiger charge is -2.29. The molecule has 0 saturated carbocycles. The first-order valence-electron chi connectivity index (χ1n) is 6.91. The number of nitrogens with one attached hydrogen (secondary N) is 2. The van der Waals surface area contributed by atoms with E-state index >= 15 is 0 Å². The smallest absolute Gasteiger partial charge is 0.227 e. The lowest BCUT2D eigenvalue weighted by Crippen LogP contribution is -2.48. The number of carbonyl (C=O) groups is 1. The van der Waals surface area contributed by atoms with Crippen LogP contribution in [0.2, 0.25) is 0 Å². The van der Waals surface area contributed by atoms with Crippen LogP contribution in [0.3, 0.4) is 0 Å². The Hall–Kier alpha value is -1.06. The third kappa shape index (κ3) is 3.10. The highest BCUT2D eigenvalue weighted by Gasteiger charge is 2.27. The number of benzene rings is 1. The highest BCUT2D eigenvalue weighted by atomic mass is 35.5. The standard InChI is InChI=1S/C15H20N2O.ClH/c18-15(17-10-11-8-16-9-11)14-7-3-5-12-4-1-2-6-13(12)14;/h1-2,4,6,11,14,16H,3,5,7-10H2,(H,17,18);1H. The minimum Gasteiger partial charge on any atom is -0.355 e. The van der Waals surface area contributed by atoms with Crippen LogP contribution in [-0.2, 0) is 11.2 Å². The maximum absolute atomic E-state index is 12.3. The van der Waals surface area contributed by atoms with E-state index in [1.165, 1.54) is 11.1 Å². The van der Waals surface area contributed by atoms with Crippen LogP contribution in [0.1, 0.15) is 29.9 Å². The Morgan fingerprint density at radius 2 is 2.11 bits per heavy atom. The van der Waals surface area contributed by atoms with E-state index in [0.29, 0.717) is 5.92 Å². The highest BCUT2D eigenvalue weighted by molar-refractivity contribution is 5.85. The average Bonchev–Trinajstić information content (AvgIpc) is 2.36. The van der Waals surface area contributed by atoms with Gasteiger partial charge in [0.05, 0.1) is 5.92 Å². The second kappa shape index (κ2) is 6.40. The molecular formula is C15H21ClN2O. The molecule has 0 radical (unpaired) electrons. The molecule has 1 aromatic rings. The van der Waals surface area contributed by atoms with Gasteiger partial charge in [-0.1, -0.05) is 24.3 Å². The van der Waals surface area contributed by atoms with E-state index in [4.69, 9.17) is 0 Å². The molecule has 3 rings (SSSR count). The van der Waals surface area contributed by atoms with Gasteiger partial charge in [0.2, 0.25) is 5.91 Å². The van der Waals surface area contributed by atoms with Crippen LogP contribution in [0.25, 0.3) is 0 Å². The number of hydrogen-bond acceptors (Lipinski definition) is 2. The predicted octanol–water partition coefficient (Wildman–Crippen LogP) is 1.86. The normalized spacial score (nSPS) is 21.8. The number of amides is 1. The van der Waals surface area contributed by atoms with Gasteiger partial charge in [0.25, 0.3) is 0 Å². The number of rotatable bonds is 3. The van der Waals surface area contributed by atoms with Crippen LogP contribution >= 0.6 is 12.4 Å². The van der Waals surface area contributed by atoms with Crippen molar-refractivity contribution in [3.8, 4) is 0 Å². The van der Waals surface area contributed by atoms with Gasteiger partial charge in [0, 0.05) is 25.6 Å². The van der Waals surface area contributed by atoms with Gasteiger partial charge >= 0.3 is 0 Å². The zero-order valence-electron chi connectivity index (χ0n) is 11.0. The number of aryl methyl sites for hydroxylation is 1. The van der Waals surface area contributed by atoms with Crippen molar-refractivity contribution in [1.29, 1.82) is 0 Å². The minimum atomic E-state index is 0. The molecule has 1 heterocycles. The summed E-state index contributed by atoms with van der Waals surface area (Å²) in [7, 11) is 0. The summed E-state index contributed by atoms with van der Waals surface area (Å²) >= 11 is 0. The number of halogens is 1. The van der Waals surface area contributed by atoms with Crippen LogP contribution in [0.15, 0.2) is 24.3 Å². The van der Waals surface area contributed by atoms with E-state index in [-0.39, 0.29) is 24.2 Å². The van der Waals surface area contributed by atoms with Crippen molar-refractivity contribution < 1.29 is 4.79 Å². The molecule has 1 unspecified atom stereocenters. The first-order valence-corrected chi connectivity index (χ1v) is 6.91. The Morgan fingerprint density at radius 3 is 2.84 bits per heavy atom. The largest absolute Gasteiger partial charge is 0.355 e. The Labute approximate surface area is 120 Å². The van der Waals surface area contributed by atoms with Crippen LogP contribution in [0, 0.1) is 5.92 Å². The first-order chi connectivity index (χ1) is 8.84. The third-order valence-electron chi connectivity index (χ3n) is 4.12. The monoisotopic (exact) mass is 280 g/mol. The molecule has 0 bridgehead atoms. The lowest BCUT2D eigenvalue weighted by atomic mass is 9.82. The first kappa shape index (κ1) is 14.4. The Bertz CT molecular complexity index is 446. The molecule has 0 aromatic heterocycles. The summed E-state index contributed by atoms with van der Waals surface area (Å²) in [4.78, 5) is 12.3. The second-order valence-electron chi connectivity index (χ2n) is 5.41. The summed E-state index contributed by atoms with van der Waals surface area (Å²) in [5, 5.41) is 6.35. The van der Waals surface area contributed by atoms with Crippen molar-refractivity contribution in [3.63, 3.8) is 0 Å². The van der Waals surface area contributed by atoms with Gasteiger partial charge in [-0.3, -0.25) is 4.79 Å². The molecule has 19 heavy (non-hydrogen) atoms. The van der Waals surface area contributed by atoms with Crippen molar-refractivity contribution in [1.82, 2.24) is 10.6 Å². The molecule has 3 nitrogen and oxygen atoms in total. The molecule has 1 aliphatic carbocycles. The fourth-order valence-corrected chi connectivity index (χ4v) is 2.89. The van der Waals surface area contributed by atoms with Crippen molar-refractivity contribution >= 4 is 18.3 Å².